The van der Waals surface area contributed by atoms with Crippen LogP contribution in [-0.4, -0.2) is 49.9 Å². The molecule has 102 valence electrons. The van der Waals surface area contributed by atoms with E-state index in [1.807, 2.05) is 6.92 Å². The lowest BCUT2D eigenvalue weighted by Crippen LogP contribution is -2.45. The first kappa shape index (κ1) is 16.7. The fourth-order valence-corrected chi connectivity index (χ4v) is 2.51. The first-order chi connectivity index (χ1) is 7.76. The molecule has 5 nitrogen and oxygen atoms in total. The summed E-state index contributed by atoms with van der Waals surface area (Å²) in [7, 11) is -3.06. The minimum Gasteiger partial charge on any atom is -0.351 e. The maximum Gasteiger partial charge on any atom is 0.237 e. The predicted octanol–water partition coefficient (Wildman–Crippen LogP) is 0.00620. The zero-order valence-corrected chi connectivity index (χ0v) is 12.2. The number of hydrogen-bond donors (Lipinski definition) is 2. The van der Waals surface area contributed by atoms with Gasteiger partial charge in [0.1, 0.15) is 9.84 Å². The topological polar surface area (TPSA) is 89.3 Å². The van der Waals surface area contributed by atoms with Gasteiger partial charge in [-0.05, 0) is 19.1 Å². The molecule has 0 saturated heterocycles. The lowest BCUT2D eigenvalue weighted by atomic mass is 10.2. The summed E-state index contributed by atoms with van der Waals surface area (Å²) in [4.78, 5) is 11.6. The molecular weight excluding hydrogens is 260 g/mol. The van der Waals surface area contributed by atoms with Crippen molar-refractivity contribution in [2.24, 2.45) is 5.73 Å². The number of rotatable bonds is 8. The van der Waals surface area contributed by atoms with Crippen LogP contribution in [-0.2, 0) is 14.6 Å². The van der Waals surface area contributed by atoms with Gasteiger partial charge in [-0.1, -0.05) is 6.92 Å². The van der Waals surface area contributed by atoms with Crippen molar-refractivity contribution in [3.05, 3.63) is 0 Å². The van der Waals surface area contributed by atoms with E-state index in [2.05, 4.69) is 12.2 Å². The first-order valence-electron chi connectivity index (χ1n) is 5.57. The van der Waals surface area contributed by atoms with Crippen molar-refractivity contribution >= 4 is 27.5 Å². The number of carbonyl (C=O) groups is 1. The Hall–Kier alpha value is -0.270. The molecule has 0 aliphatic heterocycles. The molecule has 0 heterocycles. The van der Waals surface area contributed by atoms with Crippen molar-refractivity contribution in [2.45, 2.75) is 32.4 Å². The van der Waals surface area contributed by atoms with E-state index in [-0.39, 0.29) is 24.1 Å². The highest BCUT2D eigenvalue weighted by Gasteiger charge is 2.17. The van der Waals surface area contributed by atoms with E-state index in [1.54, 1.807) is 11.8 Å². The van der Waals surface area contributed by atoms with Gasteiger partial charge in [-0.3, -0.25) is 4.79 Å². The average Bonchev–Trinajstić information content (AvgIpc) is 2.21. The highest BCUT2D eigenvalue weighted by molar-refractivity contribution is 7.99. The van der Waals surface area contributed by atoms with Crippen molar-refractivity contribution < 1.29 is 13.2 Å². The van der Waals surface area contributed by atoms with Crippen LogP contribution in [0.25, 0.3) is 0 Å². The number of thioether (sulfide) groups is 1. The Labute approximate surface area is 108 Å². The molecule has 0 fully saturated rings. The van der Waals surface area contributed by atoms with Gasteiger partial charge in [-0.25, -0.2) is 8.42 Å². The SMILES string of the molecule is CCSCC(C)NC(=O)C(N)CCS(C)(=O)=O. The van der Waals surface area contributed by atoms with E-state index in [0.29, 0.717) is 0 Å². The molecule has 0 aromatic carbocycles. The van der Waals surface area contributed by atoms with Gasteiger partial charge >= 0.3 is 0 Å². The fourth-order valence-electron chi connectivity index (χ4n) is 1.16. The van der Waals surface area contributed by atoms with Crippen molar-refractivity contribution in [3.63, 3.8) is 0 Å². The van der Waals surface area contributed by atoms with Gasteiger partial charge in [0.25, 0.3) is 0 Å². The first-order valence-corrected chi connectivity index (χ1v) is 8.79. The summed E-state index contributed by atoms with van der Waals surface area (Å²) in [5, 5.41) is 2.77. The summed E-state index contributed by atoms with van der Waals surface area (Å²) in [6, 6.07) is -0.699. The predicted molar refractivity (Wildman–Crippen MR) is 72.9 cm³/mol. The van der Waals surface area contributed by atoms with Crippen LogP contribution in [0.4, 0.5) is 0 Å². The van der Waals surface area contributed by atoms with Crippen molar-refractivity contribution in [1.29, 1.82) is 0 Å². The summed E-state index contributed by atoms with van der Waals surface area (Å²) < 4.78 is 21.9. The lowest BCUT2D eigenvalue weighted by molar-refractivity contribution is -0.122. The molecule has 17 heavy (non-hydrogen) atoms. The standard InChI is InChI=1S/C10H22N2O3S2/c1-4-16-7-8(2)12-10(13)9(11)5-6-17(3,14)15/h8-9H,4-7,11H2,1-3H3,(H,12,13). The summed E-state index contributed by atoms with van der Waals surface area (Å²) in [6.07, 6.45) is 1.30. The quantitative estimate of drug-likeness (QED) is 0.654. The molecule has 0 radical (unpaired) electrons. The third-order valence-corrected chi connectivity index (χ3v) is 4.22. The molecule has 0 rings (SSSR count). The van der Waals surface area contributed by atoms with E-state index >= 15 is 0 Å². The van der Waals surface area contributed by atoms with Crippen LogP contribution in [0.2, 0.25) is 0 Å². The Morgan fingerprint density at radius 3 is 2.53 bits per heavy atom. The van der Waals surface area contributed by atoms with E-state index < -0.39 is 15.9 Å². The minimum absolute atomic E-state index is 0.0525. The maximum atomic E-state index is 11.6. The summed E-state index contributed by atoms with van der Waals surface area (Å²) in [5.41, 5.74) is 5.62. The fraction of sp³-hybridized carbons (Fsp3) is 0.900. The van der Waals surface area contributed by atoms with Crippen LogP contribution in [0.5, 0.6) is 0 Å². The van der Waals surface area contributed by atoms with Gasteiger partial charge in [-0.15, -0.1) is 0 Å². The lowest BCUT2D eigenvalue weighted by Gasteiger charge is -2.16. The van der Waals surface area contributed by atoms with Crippen molar-refractivity contribution in [1.82, 2.24) is 5.32 Å². The Morgan fingerprint density at radius 1 is 1.47 bits per heavy atom. The number of hydrogen-bond acceptors (Lipinski definition) is 5. The molecule has 7 heteroatoms. The Balaban J connectivity index is 3.97. The van der Waals surface area contributed by atoms with E-state index in [4.69, 9.17) is 5.73 Å². The van der Waals surface area contributed by atoms with Crippen LogP contribution < -0.4 is 11.1 Å². The van der Waals surface area contributed by atoms with Gasteiger partial charge < -0.3 is 11.1 Å². The zero-order valence-electron chi connectivity index (χ0n) is 10.6. The number of nitrogens with two attached hydrogens (primary N) is 1. The molecule has 3 N–H and O–H groups in total. The molecule has 2 atom stereocenters. The number of nitrogens with one attached hydrogen (secondary N) is 1. The molecule has 2 unspecified atom stereocenters. The number of carbonyl (C=O) groups excluding carboxylic acids is 1. The molecule has 0 saturated carbocycles. The second-order valence-electron chi connectivity index (χ2n) is 4.09. The molecule has 0 spiro atoms. The normalized spacial score (nSPS) is 15.3. The average molecular weight is 282 g/mol. The highest BCUT2D eigenvalue weighted by Crippen LogP contribution is 2.02. The van der Waals surface area contributed by atoms with Gasteiger partial charge in [-0.2, -0.15) is 11.8 Å². The van der Waals surface area contributed by atoms with Crippen LogP contribution in [0, 0.1) is 0 Å². The molecule has 0 bridgehead atoms. The highest BCUT2D eigenvalue weighted by atomic mass is 32.2. The monoisotopic (exact) mass is 282 g/mol. The molecule has 0 aromatic heterocycles. The van der Waals surface area contributed by atoms with Crippen LogP contribution >= 0.6 is 11.8 Å². The van der Waals surface area contributed by atoms with E-state index in [0.717, 1.165) is 17.8 Å². The van der Waals surface area contributed by atoms with Crippen LogP contribution in [0.1, 0.15) is 20.3 Å². The van der Waals surface area contributed by atoms with Crippen LogP contribution in [0.15, 0.2) is 0 Å². The molecule has 0 aromatic rings. The van der Waals surface area contributed by atoms with Gasteiger partial charge in [0.2, 0.25) is 5.91 Å². The summed E-state index contributed by atoms with van der Waals surface area (Å²) in [6.45, 7) is 3.96. The van der Waals surface area contributed by atoms with Crippen molar-refractivity contribution in [2.75, 3.05) is 23.5 Å². The summed E-state index contributed by atoms with van der Waals surface area (Å²) >= 11 is 1.74. The Bertz CT molecular complexity index is 330. The number of sulfone groups is 1. The Kier molecular flexibility index (Phi) is 7.82. The van der Waals surface area contributed by atoms with Crippen LogP contribution in [0.3, 0.4) is 0 Å². The molecule has 0 aliphatic carbocycles. The second-order valence-corrected chi connectivity index (χ2v) is 7.67. The maximum absolute atomic E-state index is 11.6. The minimum atomic E-state index is -3.06. The molecule has 0 aliphatic rings. The zero-order chi connectivity index (χ0) is 13.5. The van der Waals surface area contributed by atoms with E-state index in [1.165, 1.54) is 0 Å². The summed E-state index contributed by atoms with van der Waals surface area (Å²) in [5.74, 6) is 1.50. The molecule has 1 amide bonds. The number of amides is 1. The van der Waals surface area contributed by atoms with E-state index in [9.17, 15) is 13.2 Å². The van der Waals surface area contributed by atoms with Gasteiger partial charge in [0.15, 0.2) is 0 Å². The third-order valence-electron chi connectivity index (χ3n) is 2.10. The van der Waals surface area contributed by atoms with Crippen molar-refractivity contribution in [3.8, 4) is 0 Å². The largest absolute Gasteiger partial charge is 0.351 e. The smallest absolute Gasteiger partial charge is 0.237 e. The van der Waals surface area contributed by atoms with Gasteiger partial charge in [0, 0.05) is 18.1 Å². The Morgan fingerprint density at radius 2 is 2.06 bits per heavy atom. The van der Waals surface area contributed by atoms with Gasteiger partial charge in [0.05, 0.1) is 11.8 Å². The second kappa shape index (κ2) is 7.94. The third kappa shape index (κ3) is 9.43. The molecular formula is C10H22N2O3S2.